The van der Waals surface area contributed by atoms with E-state index in [0.29, 0.717) is 0 Å². The van der Waals surface area contributed by atoms with E-state index in [4.69, 9.17) is 9.97 Å². The fraction of sp³-hybridized carbons (Fsp3) is 0.212. The maximum absolute atomic E-state index is 5.61. The van der Waals surface area contributed by atoms with E-state index in [1.54, 1.807) is 0 Å². The molecule has 0 spiro atoms. The van der Waals surface area contributed by atoms with Crippen LogP contribution >= 0.6 is 22.6 Å². The van der Waals surface area contributed by atoms with Crippen molar-refractivity contribution in [1.82, 2.24) is 24.9 Å². The van der Waals surface area contributed by atoms with Gasteiger partial charge in [0.05, 0.1) is 28.5 Å². The first-order valence-corrected chi connectivity index (χ1v) is 26.7. The maximum Gasteiger partial charge on any atom is 0.0889 e. The van der Waals surface area contributed by atoms with E-state index in [9.17, 15) is 0 Å². The van der Waals surface area contributed by atoms with Crippen LogP contribution in [-0.4, -0.2) is 38.0 Å². The van der Waals surface area contributed by atoms with Gasteiger partial charge in [-0.2, -0.15) is 0 Å². The van der Waals surface area contributed by atoms with Crippen molar-refractivity contribution in [3.8, 4) is 56.3 Å². The van der Waals surface area contributed by atoms with Gasteiger partial charge in [-0.15, -0.1) is 5.11 Å². The number of H-pyrrole nitrogens is 2. The Kier molecular flexibility index (Phi) is 13.7. The minimum atomic E-state index is -0.0883. The summed E-state index contributed by atoms with van der Waals surface area (Å²) in [4.78, 5) is 19.1. The monoisotopic (exact) mass is 1080 g/mol. The van der Waals surface area contributed by atoms with Gasteiger partial charge in [-0.1, -0.05) is 97.5 Å². The molecule has 7 nitrogen and oxygen atoms in total. The van der Waals surface area contributed by atoms with E-state index in [1.165, 1.54) is 48.1 Å². The number of hydrogen-bond acceptors (Lipinski definition) is 4. The van der Waals surface area contributed by atoms with Crippen LogP contribution < -0.4 is 0 Å². The Bertz CT molecular complexity index is 3660. The van der Waals surface area contributed by atoms with Crippen molar-refractivity contribution < 1.29 is 0 Å². The Morgan fingerprint density at radius 1 is 0.486 bits per heavy atom. The minimum Gasteiger partial charge on any atom is -0.354 e. The van der Waals surface area contributed by atoms with Crippen LogP contribution in [-0.2, 0) is 5.41 Å². The van der Waals surface area contributed by atoms with Crippen LogP contribution in [0.1, 0.15) is 107 Å². The third-order valence-electron chi connectivity index (χ3n) is 14.1. The van der Waals surface area contributed by atoms with Crippen LogP contribution in [0.5, 0.6) is 0 Å². The van der Waals surface area contributed by atoms with Gasteiger partial charge >= 0.3 is 0 Å². The highest BCUT2D eigenvalue weighted by atomic mass is 127. The topological polar surface area (TPSA) is 85.3 Å². The zero-order valence-electron chi connectivity index (χ0n) is 44.3. The summed E-state index contributed by atoms with van der Waals surface area (Å²) < 4.78 is 1.18. The van der Waals surface area contributed by atoms with E-state index < -0.39 is 0 Å². The predicted octanol–water partition coefficient (Wildman–Crippen LogP) is 17.8. The number of nitrogens with zero attached hydrogens (tertiary/aromatic N) is 5. The summed E-state index contributed by atoms with van der Waals surface area (Å²) >= 11 is 2.38. The molecule has 2 N–H and O–H groups in total. The van der Waals surface area contributed by atoms with Gasteiger partial charge in [0.25, 0.3) is 0 Å². The molecule has 0 saturated carbocycles. The molecule has 368 valence electrons. The number of halogens is 1. The summed E-state index contributed by atoms with van der Waals surface area (Å²) in [5.41, 5.74) is 26.9. The third kappa shape index (κ3) is 10.1. The highest BCUT2D eigenvalue weighted by molar-refractivity contribution is 14.1. The van der Waals surface area contributed by atoms with Gasteiger partial charge in [-0.05, 0) is 225 Å². The van der Waals surface area contributed by atoms with Gasteiger partial charge in [-0.25, -0.2) is 9.97 Å². The van der Waals surface area contributed by atoms with Crippen molar-refractivity contribution in [2.24, 2.45) is 10.3 Å². The van der Waals surface area contributed by atoms with Crippen molar-refractivity contribution in [2.75, 3.05) is 13.1 Å². The number of aromatic amines is 2. The summed E-state index contributed by atoms with van der Waals surface area (Å²) in [6, 6.07) is 41.6. The molecule has 3 aromatic heterocycles. The van der Waals surface area contributed by atoms with Crippen LogP contribution in [0.4, 0.5) is 5.69 Å². The summed E-state index contributed by atoms with van der Waals surface area (Å²) in [5.74, 6) is 6.94. The van der Waals surface area contributed by atoms with Gasteiger partial charge in [0.15, 0.2) is 0 Å². The van der Waals surface area contributed by atoms with Crippen molar-refractivity contribution >= 4 is 74.6 Å². The zero-order chi connectivity index (χ0) is 52.0. The second-order valence-electron chi connectivity index (χ2n) is 20.7. The normalized spacial score (nSPS) is 12.2. The Balaban J connectivity index is 1.24. The Labute approximate surface area is 449 Å². The lowest BCUT2D eigenvalue weighted by Crippen LogP contribution is -2.14. The maximum atomic E-state index is 5.61. The molecule has 8 aromatic rings. The molecular formula is C66H62IN7. The zero-order valence-corrected chi connectivity index (χ0v) is 46.5. The van der Waals surface area contributed by atoms with E-state index in [1.807, 2.05) is 11.1 Å². The quantitative estimate of drug-likeness (QED) is 0.0688. The largest absolute Gasteiger partial charge is 0.354 e. The van der Waals surface area contributed by atoms with Gasteiger partial charge in [-0.3, -0.25) is 5.01 Å². The Hall–Kier alpha value is -7.61. The fourth-order valence-electron chi connectivity index (χ4n) is 10.6. The number of aryl methyl sites for hydroxylation is 6. The molecule has 0 amide bonds. The lowest BCUT2D eigenvalue weighted by Gasteiger charge is -2.20. The highest BCUT2D eigenvalue weighted by Crippen LogP contribution is 2.41. The van der Waals surface area contributed by atoms with E-state index in [2.05, 4.69) is 264 Å². The summed E-state index contributed by atoms with van der Waals surface area (Å²) in [6.07, 6.45) is 8.66. The number of fused-ring (bicyclic) bond motifs is 8. The molecule has 10 rings (SSSR count). The van der Waals surface area contributed by atoms with Crippen LogP contribution in [0.2, 0.25) is 0 Å². The smallest absolute Gasteiger partial charge is 0.0889 e. The molecule has 2 aliphatic rings. The SMILES string of the molecule is CCN(CC)N=Nc1cc(C#Cc2ccc(-c3c4nc(c(-c5c(C)cc(C)cc5C)c5ccc([nH]5)c(-c5ccc(I)cc5)c5ccc([nH]5)c(-c5c(C)cc(C)cc5C)c5nc3C=C5)C=C4)cc2)cc(C(C)(C)C)c1. The van der Waals surface area contributed by atoms with Crippen LogP contribution in [0.3, 0.4) is 0 Å². The summed E-state index contributed by atoms with van der Waals surface area (Å²) in [7, 11) is 0. The molecular weight excluding hydrogens is 1020 g/mol. The van der Waals surface area contributed by atoms with E-state index in [0.717, 1.165) is 114 Å². The fourth-order valence-corrected chi connectivity index (χ4v) is 11.0. The number of rotatable bonds is 8. The highest BCUT2D eigenvalue weighted by Gasteiger charge is 2.22. The molecule has 0 unspecified atom stereocenters. The first kappa shape index (κ1) is 49.9. The van der Waals surface area contributed by atoms with Gasteiger partial charge in [0, 0.05) is 72.1 Å². The number of hydrogen-bond donors (Lipinski definition) is 2. The second-order valence-corrected chi connectivity index (χ2v) is 22.0. The van der Waals surface area contributed by atoms with Crippen molar-refractivity contribution in [3.05, 3.63) is 192 Å². The molecule has 74 heavy (non-hydrogen) atoms. The lowest BCUT2D eigenvalue weighted by molar-refractivity contribution is 0.300. The van der Waals surface area contributed by atoms with Crippen LogP contribution in [0.15, 0.2) is 126 Å². The molecule has 8 bridgehead atoms. The molecule has 2 aliphatic heterocycles. The van der Waals surface area contributed by atoms with Gasteiger partial charge < -0.3 is 9.97 Å². The molecule has 0 fully saturated rings. The number of nitrogens with one attached hydrogen (secondary N) is 2. The van der Waals surface area contributed by atoms with Crippen molar-refractivity contribution in [3.63, 3.8) is 0 Å². The predicted molar refractivity (Wildman–Crippen MR) is 320 cm³/mol. The molecule has 8 heteroatoms. The molecule has 0 atom stereocenters. The number of aromatic nitrogens is 4. The number of benzene rings is 5. The van der Waals surface area contributed by atoms with Gasteiger partial charge in [0.2, 0.25) is 0 Å². The summed E-state index contributed by atoms with van der Waals surface area (Å²) in [6.45, 7) is 25.6. The Morgan fingerprint density at radius 2 is 0.905 bits per heavy atom. The molecule has 5 heterocycles. The molecule has 0 aliphatic carbocycles. The molecule has 0 saturated heterocycles. The molecule has 0 radical (unpaired) electrons. The molecule has 5 aromatic carbocycles. The first-order valence-electron chi connectivity index (χ1n) is 25.6. The minimum absolute atomic E-state index is 0.0883. The standard InChI is InChI=1S/C66H62IN7/c1-12-74(13-2)73-72-51-37-46(36-49(38-51)66(9,10)11)15-14-45-16-18-47(19-17-45)62-52-24-28-56(68-52)64(60-41(5)32-39(3)33-42(60)6)58-30-26-54(70-58)63(48-20-22-50(67)23-21-48)55-27-31-59(71-55)65(57-29-25-53(62)69-57)61-43(7)34-40(4)35-44(61)8/h16-38,70-71H,12-13H2,1-11H3. The van der Waals surface area contributed by atoms with E-state index >= 15 is 0 Å². The van der Waals surface area contributed by atoms with Crippen molar-refractivity contribution in [2.45, 2.75) is 81.6 Å². The Morgan fingerprint density at radius 3 is 1.36 bits per heavy atom. The third-order valence-corrected chi connectivity index (χ3v) is 14.8. The average molecular weight is 1080 g/mol. The second kappa shape index (κ2) is 20.4. The van der Waals surface area contributed by atoms with Crippen LogP contribution in [0, 0.1) is 57.0 Å². The van der Waals surface area contributed by atoms with E-state index in [-0.39, 0.29) is 5.41 Å². The van der Waals surface area contributed by atoms with Crippen LogP contribution in [0.25, 0.3) is 90.9 Å². The lowest BCUT2D eigenvalue weighted by atomic mass is 9.86. The summed E-state index contributed by atoms with van der Waals surface area (Å²) in [5, 5.41) is 11.1. The van der Waals surface area contributed by atoms with Gasteiger partial charge in [0.1, 0.15) is 0 Å². The first-order chi connectivity index (χ1) is 35.5. The average Bonchev–Trinajstić information content (AvgIpc) is 4.22. The van der Waals surface area contributed by atoms with Crippen molar-refractivity contribution in [1.29, 1.82) is 0 Å².